The van der Waals surface area contributed by atoms with Gasteiger partial charge in [-0.15, -0.1) is 0 Å². The third-order valence-corrected chi connectivity index (χ3v) is 3.46. The van der Waals surface area contributed by atoms with E-state index in [0.29, 0.717) is 0 Å². The van der Waals surface area contributed by atoms with Crippen LogP contribution in [-0.4, -0.2) is 31.2 Å². The van der Waals surface area contributed by atoms with Crippen LogP contribution in [-0.2, 0) is 0 Å². The summed E-state index contributed by atoms with van der Waals surface area (Å²) in [6, 6.07) is 9.94. The molecule has 1 unspecified atom stereocenters. The van der Waals surface area contributed by atoms with Crippen LogP contribution in [0, 0.1) is 0 Å². The zero-order chi connectivity index (χ0) is 11.6. The Morgan fingerprint density at radius 1 is 1.25 bits per heavy atom. The Morgan fingerprint density at radius 2 is 2.00 bits per heavy atom. The van der Waals surface area contributed by atoms with Crippen LogP contribution in [0.4, 0.5) is 0 Å². The van der Waals surface area contributed by atoms with Crippen LogP contribution in [0.25, 0.3) is 0 Å². The highest BCUT2D eigenvalue weighted by molar-refractivity contribution is 7.99. The van der Waals surface area contributed by atoms with E-state index in [4.69, 9.17) is 4.74 Å². The van der Waals surface area contributed by atoms with E-state index in [1.807, 2.05) is 42.1 Å². The zero-order valence-corrected chi connectivity index (χ0v) is 10.9. The molecule has 0 saturated heterocycles. The molecule has 0 spiro atoms. The van der Waals surface area contributed by atoms with Gasteiger partial charge in [0.1, 0.15) is 12.4 Å². The van der Waals surface area contributed by atoms with Gasteiger partial charge in [-0.3, -0.25) is 0 Å². The molecular formula is C13H21NOS. The van der Waals surface area contributed by atoms with E-state index < -0.39 is 0 Å². The van der Waals surface area contributed by atoms with E-state index in [1.165, 1.54) is 6.42 Å². The summed E-state index contributed by atoms with van der Waals surface area (Å²) in [5.74, 6) is 0.946. The van der Waals surface area contributed by atoms with E-state index in [9.17, 15) is 0 Å². The van der Waals surface area contributed by atoms with Crippen LogP contribution in [0.3, 0.4) is 0 Å². The lowest BCUT2D eigenvalue weighted by molar-refractivity contribution is 0.314. The average Bonchev–Trinajstić information content (AvgIpc) is 2.34. The minimum atomic E-state index is 0.734. The number of ether oxygens (including phenoxy) is 1. The van der Waals surface area contributed by atoms with Gasteiger partial charge in [-0.2, -0.15) is 11.8 Å². The number of hydrogen-bond donors (Lipinski definition) is 1. The second-order valence-electron chi connectivity index (χ2n) is 3.75. The number of rotatable bonds is 8. The third-order valence-electron chi connectivity index (χ3n) is 2.42. The molecule has 3 heteroatoms. The van der Waals surface area contributed by atoms with Gasteiger partial charge in [0, 0.05) is 11.8 Å². The molecule has 16 heavy (non-hydrogen) atoms. The van der Waals surface area contributed by atoms with Crippen molar-refractivity contribution in [3.05, 3.63) is 30.3 Å². The maximum absolute atomic E-state index is 5.57. The van der Waals surface area contributed by atoms with Crippen molar-refractivity contribution in [2.75, 3.05) is 26.0 Å². The second kappa shape index (κ2) is 8.48. The lowest BCUT2D eigenvalue weighted by atomic mass is 10.3. The number of thioether (sulfide) groups is 1. The number of nitrogens with one attached hydrogen (secondary N) is 1. The molecule has 0 bridgehead atoms. The summed E-state index contributed by atoms with van der Waals surface area (Å²) in [4.78, 5) is 0. The molecule has 2 nitrogen and oxygen atoms in total. The molecule has 0 aliphatic rings. The Kier molecular flexibility index (Phi) is 7.10. The van der Waals surface area contributed by atoms with Crippen molar-refractivity contribution in [3.8, 4) is 5.75 Å². The fraction of sp³-hybridized carbons (Fsp3) is 0.538. The van der Waals surface area contributed by atoms with E-state index in [0.717, 1.165) is 30.7 Å². The molecule has 0 aliphatic heterocycles. The van der Waals surface area contributed by atoms with E-state index in [-0.39, 0.29) is 0 Å². The van der Waals surface area contributed by atoms with Gasteiger partial charge in [-0.1, -0.05) is 25.1 Å². The number of hydrogen-bond acceptors (Lipinski definition) is 3. The van der Waals surface area contributed by atoms with Gasteiger partial charge < -0.3 is 10.1 Å². The molecule has 1 aromatic carbocycles. The Labute approximate surface area is 103 Å². The van der Waals surface area contributed by atoms with Crippen molar-refractivity contribution in [2.45, 2.75) is 18.6 Å². The number of para-hydroxylation sites is 1. The fourth-order valence-electron chi connectivity index (χ4n) is 1.31. The highest BCUT2D eigenvalue weighted by Gasteiger charge is 1.97. The van der Waals surface area contributed by atoms with Gasteiger partial charge in [0.2, 0.25) is 0 Å². The van der Waals surface area contributed by atoms with Crippen molar-refractivity contribution >= 4 is 11.8 Å². The van der Waals surface area contributed by atoms with Crippen LogP contribution >= 0.6 is 11.8 Å². The summed E-state index contributed by atoms with van der Waals surface area (Å²) in [6.45, 7) is 4.97. The summed E-state index contributed by atoms with van der Waals surface area (Å²) in [5, 5.41) is 4.12. The van der Waals surface area contributed by atoms with E-state index in [1.54, 1.807) is 0 Å². The van der Waals surface area contributed by atoms with Gasteiger partial charge in [0.15, 0.2) is 0 Å². The van der Waals surface area contributed by atoms with Crippen molar-refractivity contribution in [1.29, 1.82) is 0 Å². The maximum Gasteiger partial charge on any atom is 0.119 e. The first kappa shape index (κ1) is 13.4. The average molecular weight is 239 g/mol. The standard InChI is InChI=1S/C13H21NOS/c1-12(16-2)8-9-14-10-11-15-13-6-4-3-5-7-13/h3-7,12,14H,8-11H2,1-2H3. The van der Waals surface area contributed by atoms with Crippen LogP contribution in [0.15, 0.2) is 30.3 Å². The minimum absolute atomic E-state index is 0.734. The molecule has 0 radical (unpaired) electrons. The monoisotopic (exact) mass is 239 g/mol. The lowest BCUT2D eigenvalue weighted by Gasteiger charge is -2.09. The highest BCUT2D eigenvalue weighted by Crippen LogP contribution is 2.08. The molecule has 1 rings (SSSR count). The first-order valence-corrected chi connectivity index (χ1v) is 7.03. The maximum atomic E-state index is 5.57. The van der Waals surface area contributed by atoms with Gasteiger partial charge in [0.25, 0.3) is 0 Å². The molecule has 1 aromatic rings. The first-order valence-electron chi connectivity index (χ1n) is 5.74. The Balaban J connectivity index is 1.96. The molecule has 0 aliphatic carbocycles. The highest BCUT2D eigenvalue weighted by atomic mass is 32.2. The van der Waals surface area contributed by atoms with Gasteiger partial charge in [-0.25, -0.2) is 0 Å². The van der Waals surface area contributed by atoms with Crippen LogP contribution < -0.4 is 10.1 Å². The zero-order valence-electron chi connectivity index (χ0n) is 10.1. The smallest absolute Gasteiger partial charge is 0.119 e. The predicted molar refractivity (Wildman–Crippen MR) is 72.4 cm³/mol. The first-order chi connectivity index (χ1) is 7.83. The molecule has 1 atom stereocenters. The van der Waals surface area contributed by atoms with E-state index in [2.05, 4.69) is 18.5 Å². The minimum Gasteiger partial charge on any atom is -0.492 e. The molecule has 0 amide bonds. The van der Waals surface area contributed by atoms with Crippen molar-refractivity contribution in [3.63, 3.8) is 0 Å². The molecule has 1 N–H and O–H groups in total. The molecular weight excluding hydrogens is 218 g/mol. The molecule has 0 saturated carbocycles. The summed E-state index contributed by atoms with van der Waals surface area (Å²) < 4.78 is 5.57. The predicted octanol–water partition coefficient (Wildman–Crippen LogP) is 2.80. The summed E-state index contributed by atoms with van der Waals surface area (Å²) in [6.07, 6.45) is 3.37. The fourth-order valence-corrected chi connectivity index (χ4v) is 1.66. The summed E-state index contributed by atoms with van der Waals surface area (Å²) in [5.41, 5.74) is 0. The molecule has 0 aromatic heterocycles. The van der Waals surface area contributed by atoms with Gasteiger partial charge in [0.05, 0.1) is 0 Å². The largest absolute Gasteiger partial charge is 0.492 e. The Morgan fingerprint density at radius 3 is 2.69 bits per heavy atom. The van der Waals surface area contributed by atoms with Crippen molar-refractivity contribution in [2.24, 2.45) is 0 Å². The van der Waals surface area contributed by atoms with Gasteiger partial charge in [-0.05, 0) is 31.4 Å². The molecule has 0 heterocycles. The van der Waals surface area contributed by atoms with Crippen LogP contribution in [0.2, 0.25) is 0 Å². The quantitative estimate of drug-likeness (QED) is 0.705. The van der Waals surface area contributed by atoms with Gasteiger partial charge >= 0.3 is 0 Å². The van der Waals surface area contributed by atoms with Crippen LogP contribution in [0.1, 0.15) is 13.3 Å². The SMILES string of the molecule is CSC(C)CCNCCOc1ccccc1. The second-order valence-corrected chi connectivity index (χ2v) is 5.02. The van der Waals surface area contributed by atoms with Crippen molar-refractivity contribution < 1.29 is 4.74 Å². The Hall–Kier alpha value is -0.670. The Bertz CT molecular complexity index is 266. The van der Waals surface area contributed by atoms with E-state index >= 15 is 0 Å². The molecule has 0 fully saturated rings. The summed E-state index contributed by atoms with van der Waals surface area (Å²) >= 11 is 1.91. The topological polar surface area (TPSA) is 21.3 Å². The lowest BCUT2D eigenvalue weighted by Crippen LogP contribution is -2.23. The normalized spacial score (nSPS) is 12.4. The summed E-state index contributed by atoms with van der Waals surface area (Å²) in [7, 11) is 0. The number of benzene rings is 1. The third kappa shape index (κ3) is 6.03. The van der Waals surface area contributed by atoms with Crippen molar-refractivity contribution in [1.82, 2.24) is 5.32 Å². The molecule has 90 valence electrons. The van der Waals surface area contributed by atoms with Crippen LogP contribution in [0.5, 0.6) is 5.75 Å².